The Morgan fingerprint density at radius 3 is 2.81 bits per heavy atom. The highest BCUT2D eigenvalue weighted by Crippen LogP contribution is 2.47. The number of piperidine rings is 1. The molecule has 3 atom stereocenters. The molecule has 0 spiro atoms. The summed E-state index contributed by atoms with van der Waals surface area (Å²) in [6, 6.07) is 10.6. The van der Waals surface area contributed by atoms with Crippen molar-refractivity contribution in [2.24, 2.45) is 5.92 Å². The Kier molecular flexibility index (Phi) is 3.97. The number of furan rings is 1. The summed E-state index contributed by atoms with van der Waals surface area (Å²) < 4.78 is 5.69. The number of anilines is 1. The van der Waals surface area contributed by atoms with Gasteiger partial charge in [0.1, 0.15) is 5.76 Å². The van der Waals surface area contributed by atoms with E-state index in [-0.39, 0.29) is 18.0 Å². The lowest BCUT2D eigenvalue weighted by Gasteiger charge is -2.36. The normalized spacial score (nSPS) is 27.5. The largest absolute Gasteiger partial charge is 0.467 e. The number of hydrogen-bond donors (Lipinski definition) is 2. The number of rotatable bonds is 2. The number of fused-ring (bicyclic) bond motifs is 3. The van der Waals surface area contributed by atoms with Gasteiger partial charge in [0.2, 0.25) is 0 Å². The number of hydrogen-bond acceptors (Lipinski definition) is 4. The second kappa shape index (κ2) is 6.47. The average Bonchev–Trinajstić information content (AvgIpc) is 3.39. The predicted octanol–water partition coefficient (Wildman–Crippen LogP) is 3.72. The van der Waals surface area contributed by atoms with Gasteiger partial charge in [-0.25, -0.2) is 0 Å². The zero-order valence-electron chi connectivity index (χ0n) is 14.9. The minimum atomic E-state index is 0.176. The van der Waals surface area contributed by atoms with E-state index < -0.39 is 0 Å². The predicted molar refractivity (Wildman–Crippen MR) is 100 cm³/mol. The van der Waals surface area contributed by atoms with Gasteiger partial charge in [0.15, 0.2) is 0 Å². The molecule has 1 aromatic carbocycles. The number of benzene rings is 1. The Hall–Kier alpha value is -2.27. The van der Waals surface area contributed by atoms with Gasteiger partial charge in [0, 0.05) is 36.3 Å². The fourth-order valence-electron chi connectivity index (χ4n) is 4.81. The van der Waals surface area contributed by atoms with Gasteiger partial charge in [-0.1, -0.05) is 0 Å². The van der Waals surface area contributed by atoms with Crippen LogP contribution < -0.4 is 10.6 Å². The zero-order valence-corrected chi connectivity index (χ0v) is 14.9. The van der Waals surface area contributed by atoms with Crippen molar-refractivity contribution in [3.63, 3.8) is 0 Å². The summed E-state index contributed by atoms with van der Waals surface area (Å²) in [7, 11) is 0. The molecule has 5 heteroatoms. The van der Waals surface area contributed by atoms with Crippen LogP contribution in [-0.2, 0) is 0 Å². The van der Waals surface area contributed by atoms with Crippen molar-refractivity contribution in [2.45, 2.75) is 37.8 Å². The number of amides is 1. The molecule has 136 valence electrons. The fourth-order valence-corrected chi connectivity index (χ4v) is 4.81. The third kappa shape index (κ3) is 2.62. The van der Waals surface area contributed by atoms with Gasteiger partial charge in [-0.3, -0.25) is 4.79 Å². The molecule has 1 amide bonds. The molecule has 2 aromatic rings. The molecule has 5 nitrogen and oxygen atoms in total. The van der Waals surface area contributed by atoms with Crippen molar-refractivity contribution in [3.05, 3.63) is 53.5 Å². The third-order valence-corrected chi connectivity index (χ3v) is 6.14. The Labute approximate surface area is 153 Å². The number of carbonyl (C=O) groups is 1. The zero-order chi connectivity index (χ0) is 17.5. The van der Waals surface area contributed by atoms with E-state index in [0.29, 0.717) is 5.92 Å². The van der Waals surface area contributed by atoms with Crippen LogP contribution in [0.25, 0.3) is 0 Å². The number of nitrogens with zero attached hydrogens (tertiary/aromatic N) is 1. The Morgan fingerprint density at radius 2 is 2.00 bits per heavy atom. The lowest BCUT2D eigenvalue weighted by atomic mass is 9.81. The van der Waals surface area contributed by atoms with Crippen molar-refractivity contribution in [1.29, 1.82) is 0 Å². The lowest BCUT2D eigenvalue weighted by molar-refractivity contribution is 0.0724. The minimum Gasteiger partial charge on any atom is -0.467 e. The summed E-state index contributed by atoms with van der Waals surface area (Å²) in [6.45, 7) is 2.77. The second-order valence-corrected chi connectivity index (χ2v) is 7.68. The summed E-state index contributed by atoms with van der Waals surface area (Å²) >= 11 is 0. The van der Waals surface area contributed by atoms with Crippen molar-refractivity contribution in [2.75, 3.05) is 25.0 Å². The first-order chi connectivity index (χ1) is 12.8. The van der Waals surface area contributed by atoms with Crippen LogP contribution in [0, 0.1) is 5.92 Å². The first-order valence-electron chi connectivity index (χ1n) is 9.78. The highest BCUT2D eigenvalue weighted by molar-refractivity contribution is 5.95. The maximum Gasteiger partial charge on any atom is 0.253 e. The molecule has 3 aliphatic rings. The van der Waals surface area contributed by atoms with Crippen LogP contribution in [0.3, 0.4) is 0 Å². The van der Waals surface area contributed by atoms with E-state index in [1.54, 1.807) is 6.26 Å². The first kappa shape index (κ1) is 15.9. The van der Waals surface area contributed by atoms with Crippen molar-refractivity contribution in [1.82, 2.24) is 10.2 Å². The van der Waals surface area contributed by atoms with Gasteiger partial charge < -0.3 is 20.0 Å². The molecule has 1 unspecified atom stereocenters. The van der Waals surface area contributed by atoms with Gasteiger partial charge in [-0.2, -0.15) is 0 Å². The first-order valence-corrected chi connectivity index (χ1v) is 9.78. The summed E-state index contributed by atoms with van der Waals surface area (Å²) in [6.07, 6.45) is 6.32. The van der Waals surface area contributed by atoms with E-state index in [1.807, 2.05) is 23.1 Å². The Balaban J connectivity index is 1.47. The molecule has 2 fully saturated rings. The number of likely N-dealkylation sites (tertiary alicyclic amines) is 1. The Bertz CT molecular complexity index is 796. The maximum atomic E-state index is 12.9. The van der Waals surface area contributed by atoms with Gasteiger partial charge in [-0.05, 0) is 68.1 Å². The Morgan fingerprint density at radius 1 is 1.12 bits per heavy atom. The van der Waals surface area contributed by atoms with Crippen molar-refractivity contribution < 1.29 is 9.21 Å². The molecule has 1 aromatic heterocycles. The second-order valence-electron chi connectivity index (χ2n) is 7.68. The highest BCUT2D eigenvalue weighted by Gasteiger charge is 2.41. The molecule has 2 saturated heterocycles. The van der Waals surface area contributed by atoms with Crippen LogP contribution in [0.5, 0.6) is 0 Å². The van der Waals surface area contributed by atoms with E-state index in [4.69, 9.17) is 4.42 Å². The fraction of sp³-hybridized carbons (Fsp3) is 0.476. The quantitative estimate of drug-likeness (QED) is 0.866. The monoisotopic (exact) mass is 351 g/mol. The van der Waals surface area contributed by atoms with Gasteiger partial charge in [0.25, 0.3) is 5.91 Å². The molecule has 3 aliphatic heterocycles. The van der Waals surface area contributed by atoms with Gasteiger partial charge in [-0.15, -0.1) is 0 Å². The van der Waals surface area contributed by atoms with E-state index in [9.17, 15) is 4.79 Å². The maximum absolute atomic E-state index is 12.9. The molecule has 5 rings (SSSR count). The standard InChI is InChI=1S/C21H25N3O2/c25-21(24-10-2-1-3-11-24)14-6-7-17-16(13-14)19-15(8-9-22-19)20(23-17)18-5-4-12-26-18/h4-7,12-13,15,19-20,22-23H,1-3,8-11H2/t15-,19+,20?/m1/s1. The van der Waals surface area contributed by atoms with E-state index in [0.717, 1.165) is 55.9 Å². The smallest absolute Gasteiger partial charge is 0.253 e. The molecular weight excluding hydrogens is 326 g/mol. The number of nitrogens with one attached hydrogen (secondary N) is 2. The van der Waals surface area contributed by atoms with Gasteiger partial charge in [0.05, 0.1) is 12.3 Å². The molecular formula is C21H25N3O2. The van der Waals surface area contributed by atoms with Crippen LogP contribution in [-0.4, -0.2) is 30.4 Å². The summed E-state index contributed by atoms with van der Waals surface area (Å²) in [4.78, 5) is 14.9. The molecule has 2 N–H and O–H groups in total. The molecule has 0 radical (unpaired) electrons. The minimum absolute atomic E-state index is 0.176. The summed E-state index contributed by atoms with van der Waals surface area (Å²) in [5.74, 6) is 1.60. The topological polar surface area (TPSA) is 57.5 Å². The van der Waals surface area contributed by atoms with E-state index in [1.165, 1.54) is 12.0 Å². The molecule has 26 heavy (non-hydrogen) atoms. The van der Waals surface area contributed by atoms with E-state index >= 15 is 0 Å². The lowest BCUT2D eigenvalue weighted by Crippen LogP contribution is -2.36. The van der Waals surface area contributed by atoms with Crippen LogP contribution >= 0.6 is 0 Å². The van der Waals surface area contributed by atoms with E-state index in [2.05, 4.69) is 22.8 Å². The molecule has 4 heterocycles. The SMILES string of the molecule is O=C(c1ccc2c(c1)[C@H]1NCC[C@H]1C(c1ccco1)N2)N1CCCCC1. The van der Waals surface area contributed by atoms with Crippen LogP contribution in [0.2, 0.25) is 0 Å². The number of carbonyl (C=O) groups excluding carboxylic acids is 1. The van der Waals surface area contributed by atoms with Crippen LogP contribution in [0.4, 0.5) is 5.69 Å². The molecule has 0 aliphatic carbocycles. The summed E-state index contributed by atoms with van der Waals surface area (Å²) in [5, 5.41) is 7.30. The summed E-state index contributed by atoms with van der Waals surface area (Å²) in [5.41, 5.74) is 3.15. The van der Waals surface area contributed by atoms with Crippen molar-refractivity contribution in [3.8, 4) is 0 Å². The third-order valence-electron chi connectivity index (χ3n) is 6.14. The highest BCUT2D eigenvalue weighted by atomic mass is 16.3. The van der Waals surface area contributed by atoms with Crippen molar-refractivity contribution >= 4 is 11.6 Å². The molecule has 0 bridgehead atoms. The van der Waals surface area contributed by atoms with Gasteiger partial charge >= 0.3 is 0 Å². The average molecular weight is 351 g/mol. The van der Waals surface area contributed by atoms with Crippen LogP contribution in [0.15, 0.2) is 41.0 Å². The molecule has 0 saturated carbocycles. The van der Waals surface area contributed by atoms with Crippen LogP contribution in [0.1, 0.15) is 59.4 Å².